The molecule has 0 bridgehead atoms. The van der Waals surface area contributed by atoms with Gasteiger partial charge in [-0.3, -0.25) is 0 Å². The molecule has 2 heterocycles. The Balaban J connectivity index is 1.60. The second-order valence-corrected chi connectivity index (χ2v) is 6.49. The normalized spacial score (nSPS) is 14.7. The second kappa shape index (κ2) is 7.28. The highest BCUT2D eigenvalue weighted by Crippen LogP contribution is 2.26. The number of fused-ring (bicyclic) bond motifs is 1. The first kappa shape index (κ1) is 16.2. The van der Waals surface area contributed by atoms with Crippen LogP contribution < -0.4 is 10.6 Å². The molecule has 6 nitrogen and oxygen atoms in total. The predicted octanol–water partition coefficient (Wildman–Crippen LogP) is 4.59. The average molecular weight is 344 g/mol. The van der Waals surface area contributed by atoms with Crippen LogP contribution in [0.3, 0.4) is 0 Å². The number of anilines is 3. The maximum atomic E-state index is 8.81. The van der Waals surface area contributed by atoms with Crippen LogP contribution in [-0.4, -0.2) is 21.0 Å². The van der Waals surface area contributed by atoms with Gasteiger partial charge in [0, 0.05) is 46.7 Å². The van der Waals surface area contributed by atoms with Crippen molar-refractivity contribution in [3.8, 4) is 6.07 Å². The molecule has 3 N–H and O–H groups in total. The lowest BCUT2D eigenvalue weighted by Crippen LogP contribution is -2.17. The summed E-state index contributed by atoms with van der Waals surface area (Å²) in [6.45, 7) is 0. The van der Waals surface area contributed by atoms with Crippen molar-refractivity contribution in [1.29, 1.82) is 5.26 Å². The summed E-state index contributed by atoms with van der Waals surface area (Å²) >= 11 is 0. The van der Waals surface area contributed by atoms with Gasteiger partial charge in [0.15, 0.2) is 0 Å². The lowest BCUT2D eigenvalue weighted by molar-refractivity contribution is 0.749. The Morgan fingerprint density at radius 1 is 1.23 bits per heavy atom. The number of aromatic amines is 1. The number of nitrogens with one attached hydrogen (secondary N) is 3. The Kier molecular flexibility index (Phi) is 4.52. The summed E-state index contributed by atoms with van der Waals surface area (Å²) < 4.78 is 0. The zero-order chi connectivity index (χ0) is 17.8. The highest BCUT2D eigenvalue weighted by molar-refractivity contribution is 5.83. The minimum Gasteiger partial charge on any atom is -0.367 e. The van der Waals surface area contributed by atoms with E-state index in [4.69, 9.17) is 5.26 Å². The smallest absolute Gasteiger partial charge is 0.229 e. The molecule has 1 aromatic carbocycles. The molecule has 26 heavy (non-hydrogen) atoms. The van der Waals surface area contributed by atoms with Crippen molar-refractivity contribution in [2.24, 2.45) is 0 Å². The summed E-state index contributed by atoms with van der Waals surface area (Å²) in [5.74, 6) is 1.30. The average Bonchev–Trinajstić information content (AvgIpc) is 3.32. The Morgan fingerprint density at radius 3 is 2.96 bits per heavy atom. The maximum Gasteiger partial charge on any atom is 0.229 e. The zero-order valence-corrected chi connectivity index (χ0v) is 14.4. The van der Waals surface area contributed by atoms with Gasteiger partial charge in [-0.25, -0.2) is 4.98 Å². The highest BCUT2D eigenvalue weighted by Gasteiger charge is 2.17. The van der Waals surface area contributed by atoms with E-state index >= 15 is 0 Å². The van der Waals surface area contributed by atoms with E-state index in [0.717, 1.165) is 40.8 Å². The molecular formula is C20H20N6. The quantitative estimate of drug-likeness (QED) is 0.589. The molecule has 0 radical (unpaired) electrons. The lowest BCUT2D eigenvalue weighted by atomic mass is 10.2. The molecule has 4 rings (SSSR count). The molecule has 0 unspecified atom stereocenters. The summed E-state index contributed by atoms with van der Waals surface area (Å²) in [6.07, 6.45) is 11.6. The van der Waals surface area contributed by atoms with Crippen LogP contribution >= 0.6 is 0 Å². The summed E-state index contributed by atoms with van der Waals surface area (Å²) in [5.41, 5.74) is 2.85. The Bertz CT molecular complexity index is 975. The van der Waals surface area contributed by atoms with Crippen LogP contribution in [0.5, 0.6) is 0 Å². The fourth-order valence-corrected chi connectivity index (χ4v) is 3.34. The van der Waals surface area contributed by atoms with Crippen molar-refractivity contribution in [2.75, 3.05) is 10.6 Å². The van der Waals surface area contributed by atoms with Gasteiger partial charge in [-0.2, -0.15) is 10.2 Å². The lowest BCUT2D eigenvalue weighted by Gasteiger charge is -2.15. The van der Waals surface area contributed by atoms with E-state index in [-0.39, 0.29) is 0 Å². The summed E-state index contributed by atoms with van der Waals surface area (Å²) in [4.78, 5) is 12.2. The van der Waals surface area contributed by atoms with Crippen molar-refractivity contribution in [1.82, 2.24) is 15.0 Å². The molecule has 0 saturated heterocycles. The van der Waals surface area contributed by atoms with Crippen molar-refractivity contribution < 1.29 is 0 Å². The third-order valence-corrected chi connectivity index (χ3v) is 4.66. The van der Waals surface area contributed by atoms with E-state index in [1.807, 2.05) is 30.5 Å². The van der Waals surface area contributed by atoms with Gasteiger partial charge in [-0.1, -0.05) is 12.8 Å². The van der Waals surface area contributed by atoms with Gasteiger partial charge in [0.2, 0.25) is 5.95 Å². The van der Waals surface area contributed by atoms with Gasteiger partial charge in [0.05, 0.1) is 6.07 Å². The van der Waals surface area contributed by atoms with E-state index in [1.54, 1.807) is 12.3 Å². The molecule has 0 spiro atoms. The first-order valence-corrected chi connectivity index (χ1v) is 8.86. The van der Waals surface area contributed by atoms with Crippen molar-refractivity contribution in [3.63, 3.8) is 0 Å². The number of benzene rings is 1. The number of nitrogens with zero attached hydrogens (tertiary/aromatic N) is 3. The van der Waals surface area contributed by atoms with E-state index in [0.29, 0.717) is 12.0 Å². The molecule has 0 amide bonds. The number of nitriles is 1. The summed E-state index contributed by atoms with van der Waals surface area (Å²) in [6, 6.07) is 10.6. The van der Waals surface area contributed by atoms with Gasteiger partial charge in [0.25, 0.3) is 0 Å². The van der Waals surface area contributed by atoms with Crippen LogP contribution in [0.4, 0.5) is 17.5 Å². The molecule has 2 aromatic heterocycles. The van der Waals surface area contributed by atoms with E-state index in [2.05, 4.69) is 31.7 Å². The number of H-pyrrole nitrogens is 1. The molecule has 1 saturated carbocycles. The number of rotatable bonds is 5. The Labute approximate surface area is 152 Å². The molecule has 0 atom stereocenters. The van der Waals surface area contributed by atoms with Crippen LogP contribution in [0.1, 0.15) is 31.2 Å². The second-order valence-electron chi connectivity index (χ2n) is 6.49. The predicted molar refractivity (Wildman–Crippen MR) is 104 cm³/mol. The van der Waals surface area contributed by atoms with Crippen LogP contribution in [-0.2, 0) is 0 Å². The minimum absolute atomic E-state index is 0.434. The third kappa shape index (κ3) is 3.52. The van der Waals surface area contributed by atoms with Crippen molar-refractivity contribution in [3.05, 3.63) is 48.3 Å². The van der Waals surface area contributed by atoms with Crippen LogP contribution in [0.25, 0.3) is 17.0 Å². The molecule has 1 aliphatic rings. The summed E-state index contributed by atoms with van der Waals surface area (Å²) in [5, 5.41) is 16.7. The number of allylic oxidation sites excluding steroid dienone is 1. The van der Waals surface area contributed by atoms with Gasteiger partial charge in [0.1, 0.15) is 5.82 Å². The SMILES string of the molecule is N#C/C=C/c1cnc(Nc2ccc3[nH]ccc3c2)nc1NC1CCCC1. The molecular weight excluding hydrogens is 324 g/mol. The number of hydrogen-bond donors (Lipinski definition) is 3. The van der Waals surface area contributed by atoms with Crippen LogP contribution in [0, 0.1) is 11.3 Å². The monoisotopic (exact) mass is 344 g/mol. The summed E-state index contributed by atoms with van der Waals surface area (Å²) in [7, 11) is 0. The molecule has 1 fully saturated rings. The van der Waals surface area contributed by atoms with E-state index < -0.39 is 0 Å². The zero-order valence-electron chi connectivity index (χ0n) is 14.4. The molecule has 1 aliphatic carbocycles. The minimum atomic E-state index is 0.434. The fraction of sp³-hybridized carbons (Fsp3) is 0.250. The van der Waals surface area contributed by atoms with Crippen LogP contribution in [0.2, 0.25) is 0 Å². The molecule has 0 aliphatic heterocycles. The van der Waals surface area contributed by atoms with Gasteiger partial charge in [-0.15, -0.1) is 0 Å². The van der Waals surface area contributed by atoms with Crippen LogP contribution in [0.15, 0.2) is 42.7 Å². The van der Waals surface area contributed by atoms with Gasteiger partial charge >= 0.3 is 0 Å². The van der Waals surface area contributed by atoms with Crippen molar-refractivity contribution in [2.45, 2.75) is 31.7 Å². The molecule has 130 valence electrons. The van der Waals surface area contributed by atoms with Crippen molar-refractivity contribution >= 4 is 34.4 Å². The first-order chi connectivity index (χ1) is 12.8. The highest BCUT2D eigenvalue weighted by atomic mass is 15.1. The standard InChI is InChI=1S/C20H20N6/c21-10-3-4-15-13-23-20(26-19(15)24-16-5-1-2-6-16)25-17-7-8-18-14(12-17)9-11-22-18/h3-4,7-9,11-13,16,22H,1-2,5-6H2,(H2,23,24,25,26)/b4-3+. The number of hydrogen-bond acceptors (Lipinski definition) is 5. The van der Waals surface area contributed by atoms with E-state index in [9.17, 15) is 0 Å². The Hall–Kier alpha value is -3.33. The first-order valence-electron chi connectivity index (χ1n) is 8.86. The van der Waals surface area contributed by atoms with Gasteiger partial charge < -0.3 is 15.6 Å². The largest absolute Gasteiger partial charge is 0.367 e. The molecule has 3 aromatic rings. The Morgan fingerprint density at radius 2 is 2.12 bits per heavy atom. The fourth-order valence-electron chi connectivity index (χ4n) is 3.34. The van der Waals surface area contributed by atoms with Gasteiger partial charge in [-0.05, 0) is 43.2 Å². The number of aromatic nitrogens is 3. The molecule has 6 heteroatoms. The third-order valence-electron chi connectivity index (χ3n) is 4.66. The topological polar surface area (TPSA) is 89.4 Å². The van der Waals surface area contributed by atoms with E-state index in [1.165, 1.54) is 18.9 Å². The maximum absolute atomic E-state index is 8.81.